The molecule has 0 heterocycles. The first-order valence-electron chi connectivity index (χ1n) is 6.41. The lowest BCUT2D eigenvalue weighted by atomic mass is 9.96. The standard InChI is InChI=1S/C13H26N2O2/c1-4-8-15-13(2,12-14)7-5-6-9-17-11-10-16-3/h15H,4-11H2,1-3H3. The van der Waals surface area contributed by atoms with Crippen LogP contribution in [-0.2, 0) is 9.47 Å². The lowest BCUT2D eigenvalue weighted by Crippen LogP contribution is -2.41. The van der Waals surface area contributed by atoms with Crippen molar-refractivity contribution in [3.8, 4) is 6.07 Å². The van der Waals surface area contributed by atoms with Gasteiger partial charge in [0.2, 0.25) is 0 Å². The molecule has 0 aliphatic rings. The van der Waals surface area contributed by atoms with Crippen molar-refractivity contribution in [1.29, 1.82) is 5.26 Å². The van der Waals surface area contributed by atoms with Crippen molar-refractivity contribution >= 4 is 0 Å². The molecule has 0 saturated carbocycles. The molecule has 0 aliphatic heterocycles. The first kappa shape index (κ1) is 16.4. The number of nitriles is 1. The molecular formula is C13H26N2O2. The van der Waals surface area contributed by atoms with Crippen molar-refractivity contribution in [2.75, 3.05) is 33.5 Å². The SMILES string of the molecule is CCCNC(C)(C#N)CCCCOCCOC. The summed E-state index contributed by atoms with van der Waals surface area (Å²) in [7, 11) is 1.67. The molecule has 0 rings (SSSR count). The third-order valence-electron chi connectivity index (χ3n) is 2.66. The zero-order valence-corrected chi connectivity index (χ0v) is 11.4. The molecule has 0 aromatic carbocycles. The van der Waals surface area contributed by atoms with Gasteiger partial charge in [-0.25, -0.2) is 0 Å². The molecule has 0 aliphatic carbocycles. The van der Waals surface area contributed by atoms with Gasteiger partial charge in [-0.1, -0.05) is 6.92 Å². The van der Waals surface area contributed by atoms with Crippen LogP contribution in [0.1, 0.15) is 39.5 Å². The lowest BCUT2D eigenvalue weighted by molar-refractivity contribution is 0.0681. The summed E-state index contributed by atoms with van der Waals surface area (Å²) in [5.41, 5.74) is -0.386. The fourth-order valence-corrected chi connectivity index (χ4v) is 1.51. The Bertz CT molecular complexity index is 216. The van der Waals surface area contributed by atoms with E-state index >= 15 is 0 Å². The van der Waals surface area contributed by atoms with E-state index in [1.54, 1.807) is 7.11 Å². The van der Waals surface area contributed by atoms with E-state index in [0.29, 0.717) is 13.2 Å². The topological polar surface area (TPSA) is 54.3 Å². The summed E-state index contributed by atoms with van der Waals surface area (Å²) in [6.07, 6.45) is 3.93. The van der Waals surface area contributed by atoms with Crippen LogP contribution in [0, 0.1) is 11.3 Å². The Kier molecular flexibility index (Phi) is 10.1. The van der Waals surface area contributed by atoms with Crippen LogP contribution in [0.2, 0.25) is 0 Å². The number of nitrogens with zero attached hydrogens (tertiary/aromatic N) is 1. The molecule has 17 heavy (non-hydrogen) atoms. The van der Waals surface area contributed by atoms with Gasteiger partial charge in [0.05, 0.1) is 19.3 Å². The summed E-state index contributed by atoms with van der Waals surface area (Å²) in [6.45, 7) is 7.02. The maximum Gasteiger partial charge on any atom is 0.103 e. The van der Waals surface area contributed by atoms with E-state index in [9.17, 15) is 0 Å². The molecular weight excluding hydrogens is 216 g/mol. The molecule has 0 aromatic rings. The summed E-state index contributed by atoms with van der Waals surface area (Å²) in [6, 6.07) is 2.35. The van der Waals surface area contributed by atoms with Crippen LogP contribution in [0.5, 0.6) is 0 Å². The van der Waals surface area contributed by atoms with Crippen LogP contribution in [0.4, 0.5) is 0 Å². The minimum atomic E-state index is -0.386. The van der Waals surface area contributed by atoms with Crippen LogP contribution < -0.4 is 5.32 Å². The van der Waals surface area contributed by atoms with Crippen molar-refractivity contribution < 1.29 is 9.47 Å². The summed E-state index contributed by atoms with van der Waals surface area (Å²) < 4.78 is 10.3. The molecule has 1 atom stereocenters. The molecule has 0 spiro atoms. The third kappa shape index (κ3) is 9.11. The predicted molar refractivity (Wildman–Crippen MR) is 68.9 cm³/mol. The second-order valence-electron chi connectivity index (χ2n) is 4.43. The van der Waals surface area contributed by atoms with E-state index in [0.717, 1.165) is 38.8 Å². The minimum Gasteiger partial charge on any atom is -0.382 e. The minimum absolute atomic E-state index is 0.386. The maximum atomic E-state index is 9.12. The number of hydrogen-bond donors (Lipinski definition) is 1. The average Bonchev–Trinajstić information content (AvgIpc) is 2.35. The largest absolute Gasteiger partial charge is 0.382 e. The number of unbranched alkanes of at least 4 members (excludes halogenated alkanes) is 1. The predicted octanol–water partition coefficient (Wildman–Crippen LogP) is 2.10. The first-order valence-corrected chi connectivity index (χ1v) is 6.41. The fourth-order valence-electron chi connectivity index (χ4n) is 1.51. The Morgan fingerprint density at radius 2 is 2.00 bits per heavy atom. The molecule has 0 aromatic heterocycles. The van der Waals surface area contributed by atoms with Gasteiger partial charge in [-0.15, -0.1) is 0 Å². The fraction of sp³-hybridized carbons (Fsp3) is 0.923. The quantitative estimate of drug-likeness (QED) is 0.564. The van der Waals surface area contributed by atoms with Gasteiger partial charge < -0.3 is 9.47 Å². The van der Waals surface area contributed by atoms with Crippen molar-refractivity contribution in [2.45, 2.75) is 45.1 Å². The lowest BCUT2D eigenvalue weighted by Gasteiger charge is -2.22. The van der Waals surface area contributed by atoms with E-state index in [1.807, 2.05) is 6.92 Å². The summed E-state index contributed by atoms with van der Waals surface area (Å²) >= 11 is 0. The molecule has 4 nitrogen and oxygen atoms in total. The van der Waals surface area contributed by atoms with Crippen LogP contribution >= 0.6 is 0 Å². The molecule has 0 fully saturated rings. The van der Waals surface area contributed by atoms with Crippen molar-refractivity contribution in [2.24, 2.45) is 0 Å². The van der Waals surface area contributed by atoms with E-state index in [2.05, 4.69) is 18.3 Å². The number of hydrogen-bond acceptors (Lipinski definition) is 4. The van der Waals surface area contributed by atoms with Gasteiger partial charge in [0.1, 0.15) is 5.54 Å². The molecule has 100 valence electrons. The van der Waals surface area contributed by atoms with Gasteiger partial charge >= 0.3 is 0 Å². The Labute approximate surface area is 105 Å². The van der Waals surface area contributed by atoms with Gasteiger partial charge in [0.25, 0.3) is 0 Å². The van der Waals surface area contributed by atoms with Crippen LogP contribution in [0.25, 0.3) is 0 Å². The van der Waals surface area contributed by atoms with E-state index in [1.165, 1.54) is 0 Å². The van der Waals surface area contributed by atoms with Crippen molar-refractivity contribution in [3.63, 3.8) is 0 Å². The molecule has 0 bridgehead atoms. The Hall–Kier alpha value is -0.630. The normalized spacial score (nSPS) is 14.2. The number of rotatable bonds is 11. The molecule has 1 N–H and O–H groups in total. The highest BCUT2D eigenvalue weighted by Crippen LogP contribution is 2.12. The van der Waals surface area contributed by atoms with Crippen molar-refractivity contribution in [1.82, 2.24) is 5.32 Å². The molecule has 0 radical (unpaired) electrons. The third-order valence-corrected chi connectivity index (χ3v) is 2.66. The zero-order chi connectivity index (χ0) is 13.0. The summed E-state index contributed by atoms with van der Waals surface area (Å²) in [5, 5.41) is 12.4. The van der Waals surface area contributed by atoms with Gasteiger partial charge in [-0.2, -0.15) is 5.26 Å². The summed E-state index contributed by atoms with van der Waals surface area (Å²) in [5.74, 6) is 0. The van der Waals surface area contributed by atoms with Crippen LogP contribution in [0.3, 0.4) is 0 Å². The smallest absolute Gasteiger partial charge is 0.103 e. The van der Waals surface area contributed by atoms with E-state index < -0.39 is 0 Å². The highest BCUT2D eigenvalue weighted by atomic mass is 16.5. The number of ether oxygens (including phenoxy) is 2. The second-order valence-corrected chi connectivity index (χ2v) is 4.43. The second kappa shape index (κ2) is 10.5. The van der Waals surface area contributed by atoms with Gasteiger partial charge in [0, 0.05) is 13.7 Å². The van der Waals surface area contributed by atoms with Gasteiger partial charge in [-0.3, -0.25) is 5.32 Å². The zero-order valence-electron chi connectivity index (χ0n) is 11.4. The van der Waals surface area contributed by atoms with Gasteiger partial charge in [0.15, 0.2) is 0 Å². The highest BCUT2D eigenvalue weighted by Gasteiger charge is 2.21. The molecule has 1 unspecified atom stereocenters. The van der Waals surface area contributed by atoms with E-state index in [4.69, 9.17) is 14.7 Å². The van der Waals surface area contributed by atoms with Crippen molar-refractivity contribution in [3.05, 3.63) is 0 Å². The van der Waals surface area contributed by atoms with Gasteiger partial charge in [-0.05, 0) is 39.2 Å². The monoisotopic (exact) mass is 242 g/mol. The van der Waals surface area contributed by atoms with Crippen LogP contribution in [0.15, 0.2) is 0 Å². The average molecular weight is 242 g/mol. The summed E-state index contributed by atoms with van der Waals surface area (Å²) in [4.78, 5) is 0. The number of methoxy groups -OCH3 is 1. The maximum absolute atomic E-state index is 9.12. The van der Waals surface area contributed by atoms with Crippen LogP contribution in [-0.4, -0.2) is 39.0 Å². The first-order chi connectivity index (χ1) is 8.18. The molecule has 4 heteroatoms. The van der Waals surface area contributed by atoms with E-state index in [-0.39, 0.29) is 5.54 Å². The highest BCUT2D eigenvalue weighted by molar-refractivity contribution is 5.03. The molecule has 0 amide bonds. The number of nitrogens with one attached hydrogen (secondary N) is 1. The molecule has 0 saturated heterocycles. The Morgan fingerprint density at radius 3 is 2.59 bits per heavy atom. The Morgan fingerprint density at radius 1 is 1.24 bits per heavy atom. The Balaban J connectivity index is 3.53.